The highest BCUT2D eigenvalue weighted by Gasteiger charge is 2.24. The van der Waals surface area contributed by atoms with Crippen molar-refractivity contribution in [3.05, 3.63) is 82.6 Å². The highest BCUT2D eigenvalue weighted by Crippen LogP contribution is 2.26. The first-order valence-corrected chi connectivity index (χ1v) is 8.01. The number of fused-ring (bicyclic) bond motifs is 1. The summed E-state index contributed by atoms with van der Waals surface area (Å²) in [5.41, 5.74) is 3.37. The number of nitrogens with zero attached hydrogens (tertiary/aromatic N) is 2. The maximum Gasteiger partial charge on any atom is 0.255 e. The van der Waals surface area contributed by atoms with Crippen molar-refractivity contribution in [3.8, 4) is 0 Å². The molecule has 0 aliphatic carbocycles. The van der Waals surface area contributed by atoms with Crippen LogP contribution in [0.15, 0.2) is 60.9 Å². The molecule has 6 heteroatoms. The molecule has 1 aromatic heterocycles. The number of amides is 1. The van der Waals surface area contributed by atoms with Gasteiger partial charge in [-0.1, -0.05) is 41.9 Å². The zero-order chi connectivity index (χ0) is 16.5. The molecule has 1 aliphatic rings. The molecule has 3 aromatic rings. The Hall–Kier alpha value is -2.79. The fraction of sp³-hybridized carbons (Fsp3) is 0.111. The van der Waals surface area contributed by atoms with E-state index in [1.165, 1.54) is 0 Å². The summed E-state index contributed by atoms with van der Waals surface area (Å²) in [6, 6.07) is 15.1. The lowest BCUT2D eigenvalue weighted by atomic mass is 10.1. The first kappa shape index (κ1) is 14.8. The first-order valence-electron chi connectivity index (χ1n) is 7.63. The van der Waals surface area contributed by atoms with Crippen LogP contribution in [0.25, 0.3) is 0 Å². The fourth-order valence-corrected chi connectivity index (χ4v) is 2.99. The summed E-state index contributed by atoms with van der Waals surface area (Å²) >= 11 is 6.19. The van der Waals surface area contributed by atoms with E-state index >= 15 is 0 Å². The third kappa shape index (κ3) is 2.74. The third-order valence-electron chi connectivity index (χ3n) is 4.02. The highest BCUT2D eigenvalue weighted by atomic mass is 35.5. The molecule has 0 bridgehead atoms. The van der Waals surface area contributed by atoms with Crippen LogP contribution >= 0.6 is 11.6 Å². The van der Waals surface area contributed by atoms with Crippen LogP contribution in [0.3, 0.4) is 0 Å². The van der Waals surface area contributed by atoms with Crippen molar-refractivity contribution >= 4 is 23.2 Å². The minimum absolute atomic E-state index is 0.0896. The summed E-state index contributed by atoms with van der Waals surface area (Å²) in [6.45, 7) is 0.580. The second-order valence-electron chi connectivity index (χ2n) is 5.66. The zero-order valence-electron chi connectivity index (χ0n) is 12.7. The Morgan fingerprint density at radius 1 is 1.08 bits per heavy atom. The summed E-state index contributed by atoms with van der Waals surface area (Å²) in [6.07, 6.45) is 3.37. The summed E-state index contributed by atoms with van der Waals surface area (Å²) in [5, 5.41) is 11.4. The molecule has 1 aliphatic heterocycles. The van der Waals surface area contributed by atoms with Crippen LogP contribution in [-0.4, -0.2) is 15.7 Å². The van der Waals surface area contributed by atoms with Crippen LogP contribution in [-0.2, 0) is 6.54 Å². The molecular weight excluding hydrogens is 324 g/mol. The van der Waals surface area contributed by atoms with Gasteiger partial charge in [-0.25, -0.2) is 0 Å². The van der Waals surface area contributed by atoms with Crippen molar-refractivity contribution in [1.82, 2.24) is 15.1 Å². The Balaban J connectivity index is 1.56. The summed E-state index contributed by atoms with van der Waals surface area (Å²) in [7, 11) is 0. The van der Waals surface area contributed by atoms with Crippen LogP contribution in [0.4, 0.5) is 5.69 Å². The van der Waals surface area contributed by atoms with Gasteiger partial charge >= 0.3 is 0 Å². The van der Waals surface area contributed by atoms with Crippen LogP contribution in [0.5, 0.6) is 0 Å². The van der Waals surface area contributed by atoms with E-state index < -0.39 is 0 Å². The molecule has 1 unspecified atom stereocenters. The number of anilines is 1. The Morgan fingerprint density at radius 3 is 2.75 bits per heavy atom. The molecule has 24 heavy (non-hydrogen) atoms. The van der Waals surface area contributed by atoms with Crippen molar-refractivity contribution < 1.29 is 4.79 Å². The minimum atomic E-state index is -0.299. The molecule has 2 aromatic carbocycles. The monoisotopic (exact) mass is 338 g/mol. The van der Waals surface area contributed by atoms with Gasteiger partial charge in [-0.05, 0) is 23.8 Å². The van der Waals surface area contributed by atoms with Gasteiger partial charge in [0.25, 0.3) is 5.91 Å². The van der Waals surface area contributed by atoms with E-state index in [-0.39, 0.29) is 12.1 Å². The average Bonchev–Trinajstić information content (AvgIpc) is 3.06. The number of carbonyl (C=O) groups is 1. The number of benzene rings is 2. The molecule has 0 radical (unpaired) electrons. The lowest BCUT2D eigenvalue weighted by molar-refractivity contribution is 0.0935. The lowest BCUT2D eigenvalue weighted by Gasteiger charge is -2.26. The molecule has 0 saturated carbocycles. The molecule has 0 spiro atoms. The maximum absolute atomic E-state index is 12.2. The summed E-state index contributed by atoms with van der Waals surface area (Å²) in [5.74, 6) is -0.0896. The van der Waals surface area contributed by atoms with Crippen molar-refractivity contribution in [1.29, 1.82) is 0 Å². The second kappa shape index (κ2) is 6.02. The smallest absolute Gasteiger partial charge is 0.255 e. The van der Waals surface area contributed by atoms with Crippen LogP contribution in [0.2, 0.25) is 5.02 Å². The molecule has 2 heterocycles. The predicted molar refractivity (Wildman–Crippen MR) is 93.1 cm³/mol. The van der Waals surface area contributed by atoms with Crippen molar-refractivity contribution in [2.45, 2.75) is 12.7 Å². The molecule has 2 N–H and O–H groups in total. The Labute approximate surface area is 144 Å². The van der Waals surface area contributed by atoms with Gasteiger partial charge in [-0.3, -0.25) is 9.48 Å². The lowest BCUT2D eigenvalue weighted by Crippen LogP contribution is -2.38. The standard InChI is InChI=1S/C18H15ClN4O/c19-15-7-3-1-5-12(15)10-23-11-13(9-20-23)17-21-16-8-4-2-6-14(16)18(24)22-17/h1-9,11,17,21H,10H2,(H,22,24). The number of halogens is 1. The topological polar surface area (TPSA) is 59.0 Å². The van der Waals surface area contributed by atoms with Crippen LogP contribution < -0.4 is 10.6 Å². The van der Waals surface area contributed by atoms with Crippen molar-refractivity contribution in [3.63, 3.8) is 0 Å². The van der Waals surface area contributed by atoms with Gasteiger partial charge in [0, 0.05) is 22.5 Å². The fourth-order valence-electron chi connectivity index (χ4n) is 2.79. The number of aromatic nitrogens is 2. The highest BCUT2D eigenvalue weighted by molar-refractivity contribution is 6.31. The molecule has 1 atom stereocenters. The van der Waals surface area contributed by atoms with Gasteiger partial charge < -0.3 is 10.6 Å². The third-order valence-corrected chi connectivity index (χ3v) is 4.39. The van der Waals surface area contributed by atoms with Crippen molar-refractivity contribution in [2.24, 2.45) is 0 Å². The molecule has 0 fully saturated rings. The van der Waals surface area contributed by atoms with Gasteiger partial charge in [0.2, 0.25) is 0 Å². The van der Waals surface area contributed by atoms with E-state index in [1.54, 1.807) is 12.3 Å². The van der Waals surface area contributed by atoms with Crippen LogP contribution in [0, 0.1) is 0 Å². The minimum Gasteiger partial charge on any atom is -0.361 e. The normalized spacial score (nSPS) is 16.2. The number of nitrogens with one attached hydrogen (secondary N) is 2. The summed E-state index contributed by atoms with van der Waals surface area (Å²) < 4.78 is 1.81. The van der Waals surface area contributed by atoms with E-state index in [9.17, 15) is 4.79 Å². The Kier molecular flexibility index (Phi) is 3.70. The Morgan fingerprint density at radius 2 is 1.88 bits per heavy atom. The van der Waals surface area contributed by atoms with Gasteiger partial charge in [-0.15, -0.1) is 0 Å². The summed E-state index contributed by atoms with van der Waals surface area (Å²) in [4.78, 5) is 12.2. The number of carbonyl (C=O) groups excluding carboxylic acids is 1. The van der Waals surface area contributed by atoms with Crippen molar-refractivity contribution in [2.75, 3.05) is 5.32 Å². The molecule has 5 nitrogen and oxygen atoms in total. The number of rotatable bonds is 3. The van der Waals surface area contributed by atoms with Gasteiger partial charge in [0.15, 0.2) is 0 Å². The molecular formula is C18H15ClN4O. The van der Waals surface area contributed by atoms with Gasteiger partial charge in [0.1, 0.15) is 6.17 Å². The second-order valence-corrected chi connectivity index (χ2v) is 6.07. The van der Waals surface area contributed by atoms with E-state index in [2.05, 4.69) is 15.7 Å². The molecule has 0 saturated heterocycles. The SMILES string of the molecule is O=C1NC(c2cnn(Cc3ccccc3Cl)c2)Nc2ccccc21. The molecule has 4 rings (SSSR count). The van der Waals surface area contributed by atoms with Gasteiger partial charge in [0.05, 0.1) is 18.3 Å². The largest absolute Gasteiger partial charge is 0.361 e. The molecule has 1 amide bonds. The molecule has 120 valence electrons. The quantitative estimate of drug-likeness (QED) is 0.769. The number of hydrogen-bond acceptors (Lipinski definition) is 3. The number of hydrogen-bond donors (Lipinski definition) is 2. The number of para-hydroxylation sites is 1. The van der Waals surface area contributed by atoms with Gasteiger partial charge in [-0.2, -0.15) is 5.10 Å². The van der Waals surface area contributed by atoms with E-state index in [1.807, 2.05) is 53.3 Å². The maximum atomic E-state index is 12.2. The first-order chi connectivity index (χ1) is 11.7. The van der Waals surface area contributed by atoms with Crippen LogP contribution in [0.1, 0.15) is 27.7 Å². The van der Waals surface area contributed by atoms with E-state index in [4.69, 9.17) is 11.6 Å². The van der Waals surface area contributed by atoms with E-state index in [0.29, 0.717) is 17.1 Å². The zero-order valence-corrected chi connectivity index (χ0v) is 13.5. The van der Waals surface area contributed by atoms with E-state index in [0.717, 1.165) is 16.8 Å². The average molecular weight is 339 g/mol. The predicted octanol–water partition coefficient (Wildman–Crippen LogP) is 3.44. The Bertz CT molecular complexity index is 905.